The van der Waals surface area contributed by atoms with Crippen LogP contribution in [0.3, 0.4) is 0 Å². The Morgan fingerprint density at radius 2 is 1.73 bits per heavy atom. The quantitative estimate of drug-likeness (QED) is 0.523. The number of halogens is 1. The van der Waals surface area contributed by atoms with Crippen molar-refractivity contribution in [3.8, 4) is 5.75 Å². The molecule has 1 N–H and O–H groups in total. The van der Waals surface area contributed by atoms with Gasteiger partial charge in [0.2, 0.25) is 5.91 Å². The van der Waals surface area contributed by atoms with Crippen molar-refractivity contribution in [3.05, 3.63) is 64.7 Å². The Bertz CT molecular complexity index is 806. The van der Waals surface area contributed by atoms with Crippen LogP contribution in [0.5, 0.6) is 5.75 Å². The largest absolute Gasteiger partial charge is 0.484 e. The monoisotopic (exact) mass is 430 g/mol. The number of nitrogens with one attached hydrogen (secondary N) is 1. The first-order valence-corrected chi connectivity index (χ1v) is 10.8. The van der Waals surface area contributed by atoms with Gasteiger partial charge in [-0.05, 0) is 49.6 Å². The van der Waals surface area contributed by atoms with Gasteiger partial charge in [0.05, 0.1) is 0 Å². The van der Waals surface area contributed by atoms with E-state index in [0.717, 1.165) is 24.0 Å². The zero-order valence-corrected chi connectivity index (χ0v) is 18.7. The number of aryl methyl sites for hydroxylation is 1. The number of rotatable bonds is 11. The second-order valence-corrected chi connectivity index (χ2v) is 7.75. The van der Waals surface area contributed by atoms with E-state index >= 15 is 0 Å². The molecular weight excluding hydrogens is 400 g/mol. The van der Waals surface area contributed by atoms with Crippen molar-refractivity contribution >= 4 is 23.4 Å². The fourth-order valence-electron chi connectivity index (χ4n) is 3.07. The maximum Gasteiger partial charge on any atom is 0.261 e. The smallest absolute Gasteiger partial charge is 0.261 e. The van der Waals surface area contributed by atoms with Crippen molar-refractivity contribution in [2.45, 2.75) is 52.6 Å². The number of hydrogen-bond acceptors (Lipinski definition) is 3. The summed E-state index contributed by atoms with van der Waals surface area (Å²) >= 11 is 5.90. The van der Waals surface area contributed by atoms with Crippen LogP contribution in [0.15, 0.2) is 48.5 Å². The Hall–Kier alpha value is -2.53. The number of ether oxygens (including phenoxy) is 1. The first-order chi connectivity index (χ1) is 14.4. The van der Waals surface area contributed by atoms with Gasteiger partial charge in [0.1, 0.15) is 11.8 Å². The molecule has 0 radical (unpaired) electrons. The third-order valence-electron chi connectivity index (χ3n) is 4.86. The van der Waals surface area contributed by atoms with Crippen LogP contribution in [0.2, 0.25) is 5.02 Å². The van der Waals surface area contributed by atoms with Gasteiger partial charge in [0, 0.05) is 18.1 Å². The van der Waals surface area contributed by atoms with Crippen molar-refractivity contribution in [2.75, 3.05) is 13.2 Å². The predicted octanol–water partition coefficient (Wildman–Crippen LogP) is 4.75. The van der Waals surface area contributed by atoms with Gasteiger partial charge in [-0.1, -0.05) is 61.7 Å². The summed E-state index contributed by atoms with van der Waals surface area (Å²) in [7, 11) is 0. The van der Waals surface area contributed by atoms with Gasteiger partial charge < -0.3 is 15.0 Å². The maximum absolute atomic E-state index is 13.1. The average molecular weight is 431 g/mol. The van der Waals surface area contributed by atoms with Crippen molar-refractivity contribution in [1.29, 1.82) is 0 Å². The highest BCUT2D eigenvalue weighted by Gasteiger charge is 2.28. The van der Waals surface area contributed by atoms with Crippen molar-refractivity contribution < 1.29 is 14.3 Å². The summed E-state index contributed by atoms with van der Waals surface area (Å²) in [6, 6.07) is 14.3. The minimum Gasteiger partial charge on any atom is -0.484 e. The molecule has 162 valence electrons. The van der Waals surface area contributed by atoms with Crippen molar-refractivity contribution in [2.24, 2.45) is 0 Å². The van der Waals surface area contributed by atoms with Gasteiger partial charge in [-0.2, -0.15) is 0 Å². The predicted molar refractivity (Wildman–Crippen MR) is 121 cm³/mol. The lowest BCUT2D eigenvalue weighted by Crippen LogP contribution is -2.50. The molecular formula is C24H31ClN2O3. The van der Waals surface area contributed by atoms with Crippen LogP contribution in [0, 0.1) is 6.92 Å². The fourth-order valence-corrected chi connectivity index (χ4v) is 3.20. The van der Waals surface area contributed by atoms with E-state index in [-0.39, 0.29) is 18.4 Å². The summed E-state index contributed by atoms with van der Waals surface area (Å²) in [5.74, 6) is 0.199. The van der Waals surface area contributed by atoms with Gasteiger partial charge in [-0.25, -0.2) is 0 Å². The van der Waals surface area contributed by atoms with E-state index in [2.05, 4.69) is 12.2 Å². The molecule has 0 spiro atoms. The first-order valence-electron chi connectivity index (χ1n) is 10.5. The lowest BCUT2D eigenvalue weighted by atomic mass is 10.1. The molecule has 0 aliphatic rings. The summed E-state index contributed by atoms with van der Waals surface area (Å²) in [4.78, 5) is 27.5. The van der Waals surface area contributed by atoms with Crippen molar-refractivity contribution in [1.82, 2.24) is 10.2 Å². The lowest BCUT2D eigenvalue weighted by molar-refractivity contribution is -0.143. The Kier molecular flexibility index (Phi) is 9.68. The number of hydrogen-bond donors (Lipinski definition) is 1. The van der Waals surface area contributed by atoms with Crippen LogP contribution in [0.25, 0.3) is 0 Å². The topological polar surface area (TPSA) is 58.6 Å². The molecule has 30 heavy (non-hydrogen) atoms. The number of nitrogens with zero attached hydrogens (tertiary/aromatic N) is 1. The van der Waals surface area contributed by atoms with Crippen LogP contribution >= 0.6 is 11.6 Å². The second-order valence-electron chi connectivity index (χ2n) is 7.32. The molecule has 0 fully saturated rings. The molecule has 6 heteroatoms. The normalized spacial score (nSPS) is 11.6. The van der Waals surface area contributed by atoms with Gasteiger partial charge in [0.15, 0.2) is 6.61 Å². The number of benzene rings is 2. The van der Waals surface area contributed by atoms with Gasteiger partial charge in [-0.3, -0.25) is 9.59 Å². The van der Waals surface area contributed by atoms with Crippen LogP contribution in [0.1, 0.15) is 44.2 Å². The highest BCUT2D eigenvalue weighted by Crippen LogP contribution is 2.17. The molecule has 2 aromatic carbocycles. The molecule has 0 saturated heterocycles. The maximum atomic E-state index is 13.1. The van der Waals surface area contributed by atoms with Gasteiger partial charge in [-0.15, -0.1) is 0 Å². The van der Waals surface area contributed by atoms with E-state index in [4.69, 9.17) is 16.3 Å². The SMILES string of the molecule is CCCCNC(=O)[C@H](CC)N(Cc1ccc(C)cc1)C(=O)COc1ccc(Cl)cc1. The molecule has 2 aromatic rings. The summed E-state index contributed by atoms with van der Waals surface area (Å²) in [5, 5.41) is 3.56. The van der Waals surface area contributed by atoms with E-state index in [9.17, 15) is 9.59 Å². The molecule has 0 bridgehead atoms. The van der Waals surface area contributed by atoms with E-state index in [1.807, 2.05) is 38.1 Å². The Morgan fingerprint density at radius 3 is 2.33 bits per heavy atom. The highest BCUT2D eigenvalue weighted by molar-refractivity contribution is 6.30. The van der Waals surface area contributed by atoms with E-state index < -0.39 is 6.04 Å². The minimum absolute atomic E-state index is 0.127. The van der Waals surface area contributed by atoms with E-state index in [1.54, 1.807) is 29.2 Å². The van der Waals surface area contributed by atoms with Gasteiger partial charge >= 0.3 is 0 Å². The Labute approximate surface area is 184 Å². The standard InChI is InChI=1S/C24H31ClN2O3/c1-4-6-15-26-24(29)22(5-2)27(16-19-9-7-18(3)8-10-19)23(28)17-30-21-13-11-20(25)12-14-21/h7-14,22H,4-6,15-17H2,1-3H3,(H,26,29)/t22-/m0/s1. The van der Waals surface area contributed by atoms with Crippen LogP contribution in [-0.4, -0.2) is 35.9 Å². The first kappa shape index (κ1) is 23.7. The molecule has 0 aromatic heterocycles. The summed E-state index contributed by atoms with van der Waals surface area (Å²) < 4.78 is 5.65. The molecule has 2 rings (SSSR count). The Morgan fingerprint density at radius 1 is 1.07 bits per heavy atom. The zero-order valence-electron chi connectivity index (χ0n) is 18.0. The van der Waals surface area contributed by atoms with E-state index in [0.29, 0.717) is 30.3 Å². The molecule has 0 aliphatic carbocycles. The number of unbranched alkanes of at least 4 members (excludes halogenated alkanes) is 1. The van der Waals surface area contributed by atoms with Gasteiger partial charge in [0.25, 0.3) is 5.91 Å². The molecule has 0 heterocycles. The second kappa shape index (κ2) is 12.2. The van der Waals surface area contributed by atoms with Crippen LogP contribution < -0.4 is 10.1 Å². The number of carbonyl (C=O) groups excluding carboxylic acids is 2. The molecule has 0 unspecified atom stereocenters. The van der Waals surface area contributed by atoms with E-state index in [1.165, 1.54) is 0 Å². The highest BCUT2D eigenvalue weighted by atomic mass is 35.5. The fraction of sp³-hybridized carbons (Fsp3) is 0.417. The third kappa shape index (κ3) is 7.38. The molecule has 0 aliphatic heterocycles. The molecule has 5 nitrogen and oxygen atoms in total. The minimum atomic E-state index is -0.551. The van der Waals surface area contributed by atoms with Crippen LogP contribution in [0.4, 0.5) is 0 Å². The van der Waals surface area contributed by atoms with Crippen molar-refractivity contribution in [3.63, 3.8) is 0 Å². The lowest BCUT2D eigenvalue weighted by Gasteiger charge is -2.30. The van der Waals surface area contributed by atoms with Crippen LogP contribution in [-0.2, 0) is 16.1 Å². The molecule has 2 amide bonds. The Balaban J connectivity index is 2.15. The summed E-state index contributed by atoms with van der Waals surface area (Å²) in [6.07, 6.45) is 2.43. The molecule has 0 saturated carbocycles. The summed E-state index contributed by atoms with van der Waals surface area (Å²) in [5.41, 5.74) is 2.12. The average Bonchev–Trinajstić information content (AvgIpc) is 2.74. The zero-order chi connectivity index (χ0) is 21.9. The number of carbonyl (C=O) groups is 2. The summed E-state index contributed by atoms with van der Waals surface area (Å²) in [6.45, 7) is 6.82. The number of amides is 2. The third-order valence-corrected chi connectivity index (χ3v) is 5.12. The molecule has 1 atom stereocenters.